The molecule has 1 heterocycles. The highest BCUT2D eigenvalue weighted by molar-refractivity contribution is 7.11. The van der Waals surface area contributed by atoms with Crippen LogP contribution < -0.4 is 0 Å². The summed E-state index contributed by atoms with van der Waals surface area (Å²) >= 11 is 1.71. The van der Waals surface area contributed by atoms with Gasteiger partial charge in [-0.15, -0.1) is 11.3 Å². The van der Waals surface area contributed by atoms with Gasteiger partial charge in [0.25, 0.3) is 5.91 Å². The summed E-state index contributed by atoms with van der Waals surface area (Å²) < 4.78 is 0. The van der Waals surface area contributed by atoms with Gasteiger partial charge in [-0.05, 0) is 61.6 Å². The Balaban J connectivity index is 1.74. The molecule has 0 unspecified atom stereocenters. The van der Waals surface area contributed by atoms with Crippen LogP contribution in [0.15, 0.2) is 66.7 Å². The summed E-state index contributed by atoms with van der Waals surface area (Å²) in [5.74, 6) is -0.111. The molecule has 0 aliphatic carbocycles. The first-order chi connectivity index (χ1) is 16.5. The Hall–Kier alpha value is -2.92. The molecule has 0 atom stereocenters. The second kappa shape index (κ2) is 13.1. The van der Waals surface area contributed by atoms with Crippen LogP contribution in [0.4, 0.5) is 0 Å². The first-order valence-electron chi connectivity index (χ1n) is 12.2. The molecule has 4 nitrogen and oxygen atoms in total. The van der Waals surface area contributed by atoms with E-state index in [4.69, 9.17) is 0 Å². The average molecular weight is 477 g/mol. The monoisotopic (exact) mass is 476 g/mol. The predicted octanol–water partition coefficient (Wildman–Crippen LogP) is 6.48. The predicted molar refractivity (Wildman–Crippen MR) is 141 cm³/mol. The number of nitrogens with zero attached hydrogens (tertiary/aromatic N) is 2. The van der Waals surface area contributed by atoms with Crippen LogP contribution >= 0.6 is 11.3 Å². The molecular weight excluding hydrogens is 440 g/mol. The van der Waals surface area contributed by atoms with Gasteiger partial charge in [0.1, 0.15) is 6.54 Å². The maximum atomic E-state index is 13.5. The van der Waals surface area contributed by atoms with Gasteiger partial charge in [-0.1, -0.05) is 62.7 Å². The van der Waals surface area contributed by atoms with Crippen LogP contribution in [0.5, 0.6) is 0 Å². The Kier molecular flexibility index (Phi) is 9.89. The zero-order valence-electron chi connectivity index (χ0n) is 20.6. The third kappa shape index (κ3) is 7.56. The van der Waals surface area contributed by atoms with Crippen molar-refractivity contribution in [3.05, 3.63) is 93.2 Å². The summed E-state index contributed by atoms with van der Waals surface area (Å²) in [7, 11) is 0. The van der Waals surface area contributed by atoms with E-state index in [1.807, 2.05) is 66.4 Å². The summed E-state index contributed by atoms with van der Waals surface area (Å²) in [5, 5.41) is 0. The topological polar surface area (TPSA) is 40.6 Å². The summed E-state index contributed by atoms with van der Waals surface area (Å²) in [6.45, 7) is 8.00. The van der Waals surface area contributed by atoms with Crippen LogP contribution in [0.2, 0.25) is 0 Å². The molecule has 2 amide bonds. The molecule has 0 saturated carbocycles. The van der Waals surface area contributed by atoms with Crippen molar-refractivity contribution in [2.24, 2.45) is 0 Å². The van der Waals surface area contributed by atoms with E-state index in [9.17, 15) is 9.59 Å². The zero-order chi connectivity index (χ0) is 24.3. The molecule has 0 saturated heterocycles. The van der Waals surface area contributed by atoms with E-state index in [1.165, 1.54) is 10.4 Å². The van der Waals surface area contributed by atoms with Gasteiger partial charge in [0.2, 0.25) is 5.91 Å². The SMILES string of the molecule is CCCCc1ccc(C(=O)N(CCC)CC(=O)N(Cc2ccccc2)Cc2ccc(C)s2)cc1. The number of thiophene rings is 1. The van der Waals surface area contributed by atoms with E-state index < -0.39 is 0 Å². The van der Waals surface area contributed by atoms with E-state index in [0.717, 1.165) is 36.1 Å². The van der Waals surface area contributed by atoms with Crippen LogP contribution in [0.25, 0.3) is 0 Å². The Labute approximate surface area is 208 Å². The molecule has 5 heteroatoms. The van der Waals surface area contributed by atoms with E-state index in [1.54, 1.807) is 16.2 Å². The number of unbranched alkanes of at least 4 members (excludes halogenated alkanes) is 1. The Morgan fingerprint density at radius 3 is 2.15 bits per heavy atom. The van der Waals surface area contributed by atoms with Crippen molar-refractivity contribution >= 4 is 23.2 Å². The second-order valence-electron chi connectivity index (χ2n) is 8.77. The summed E-state index contributed by atoms with van der Waals surface area (Å²) in [6, 6.07) is 22.1. The van der Waals surface area contributed by atoms with E-state index in [2.05, 4.69) is 26.0 Å². The lowest BCUT2D eigenvalue weighted by atomic mass is 10.1. The lowest BCUT2D eigenvalue weighted by Crippen LogP contribution is -2.42. The molecule has 34 heavy (non-hydrogen) atoms. The Morgan fingerprint density at radius 2 is 1.53 bits per heavy atom. The molecule has 0 aliphatic heterocycles. The molecular formula is C29H36N2O2S. The minimum Gasteiger partial charge on any atom is -0.332 e. The fraction of sp³-hybridized carbons (Fsp3) is 0.379. The van der Waals surface area contributed by atoms with Crippen LogP contribution in [-0.2, 0) is 24.3 Å². The Morgan fingerprint density at radius 1 is 0.794 bits per heavy atom. The number of hydrogen-bond acceptors (Lipinski definition) is 3. The molecule has 3 aromatic rings. The molecule has 0 N–H and O–H groups in total. The number of hydrogen-bond donors (Lipinski definition) is 0. The summed E-state index contributed by atoms with van der Waals surface area (Å²) in [5.41, 5.74) is 2.97. The smallest absolute Gasteiger partial charge is 0.254 e. The normalized spacial score (nSPS) is 10.8. The maximum absolute atomic E-state index is 13.5. The molecule has 3 rings (SSSR count). The number of carbonyl (C=O) groups is 2. The number of rotatable bonds is 12. The van der Waals surface area contributed by atoms with Crippen LogP contribution in [0, 0.1) is 6.92 Å². The quantitative estimate of drug-likeness (QED) is 0.300. The minimum absolute atomic E-state index is 0.0312. The number of carbonyl (C=O) groups excluding carboxylic acids is 2. The molecule has 1 aromatic heterocycles. The molecule has 0 radical (unpaired) electrons. The van der Waals surface area contributed by atoms with Crippen molar-refractivity contribution in [1.29, 1.82) is 0 Å². The van der Waals surface area contributed by atoms with Gasteiger partial charge in [-0.2, -0.15) is 0 Å². The van der Waals surface area contributed by atoms with E-state index >= 15 is 0 Å². The van der Waals surface area contributed by atoms with Crippen molar-refractivity contribution < 1.29 is 9.59 Å². The summed E-state index contributed by atoms with van der Waals surface area (Å²) in [4.78, 5) is 32.7. The van der Waals surface area contributed by atoms with Gasteiger partial charge in [-0.25, -0.2) is 0 Å². The third-order valence-corrected chi connectivity index (χ3v) is 6.82. The number of amides is 2. The molecule has 0 bridgehead atoms. The second-order valence-corrected chi connectivity index (χ2v) is 10.1. The highest BCUT2D eigenvalue weighted by Crippen LogP contribution is 2.19. The van der Waals surface area contributed by atoms with Crippen LogP contribution in [0.3, 0.4) is 0 Å². The zero-order valence-corrected chi connectivity index (χ0v) is 21.4. The number of aryl methyl sites for hydroxylation is 2. The Bertz CT molecular complexity index is 1040. The fourth-order valence-corrected chi connectivity index (χ4v) is 4.86. The molecule has 0 aliphatic rings. The van der Waals surface area contributed by atoms with Crippen molar-refractivity contribution in [3.8, 4) is 0 Å². The van der Waals surface area contributed by atoms with Gasteiger partial charge < -0.3 is 9.80 Å². The average Bonchev–Trinajstić information content (AvgIpc) is 3.27. The molecule has 2 aromatic carbocycles. The van der Waals surface area contributed by atoms with Gasteiger partial charge >= 0.3 is 0 Å². The van der Waals surface area contributed by atoms with Gasteiger partial charge in [-0.3, -0.25) is 9.59 Å². The van der Waals surface area contributed by atoms with E-state index in [0.29, 0.717) is 25.2 Å². The fourth-order valence-electron chi connectivity index (χ4n) is 3.96. The van der Waals surface area contributed by atoms with Crippen LogP contribution in [-0.4, -0.2) is 34.7 Å². The van der Waals surface area contributed by atoms with Crippen LogP contribution in [0.1, 0.15) is 64.3 Å². The van der Waals surface area contributed by atoms with Gasteiger partial charge in [0.15, 0.2) is 0 Å². The molecule has 180 valence electrons. The minimum atomic E-state index is -0.0797. The van der Waals surface area contributed by atoms with Crippen molar-refractivity contribution in [2.45, 2.75) is 59.5 Å². The standard InChI is InChI=1S/C29H36N2O2S/c1-4-6-10-24-14-16-26(17-15-24)29(33)30(19-5-2)22-28(32)31(20-25-11-8-7-9-12-25)21-27-18-13-23(3)34-27/h7-9,11-18H,4-6,10,19-22H2,1-3H3. The first-order valence-corrected chi connectivity index (χ1v) is 13.1. The number of benzene rings is 2. The summed E-state index contributed by atoms with van der Waals surface area (Å²) in [6.07, 6.45) is 4.12. The van der Waals surface area contributed by atoms with Crippen molar-refractivity contribution in [1.82, 2.24) is 9.80 Å². The highest BCUT2D eigenvalue weighted by atomic mass is 32.1. The third-order valence-electron chi connectivity index (χ3n) is 5.84. The van der Waals surface area contributed by atoms with E-state index in [-0.39, 0.29) is 18.4 Å². The van der Waals surface area contributed by atoms with Crippen molar-refractivity contribution in [3.63, 3.8) is 0 Å². The van der Waals surface area contributed by atoms with Gasteiger partial charge in [0, 0.05) is 28.4 Å². The largest absolute Gasteiger partial charge is 0.332 e. The maximum Gasteiger partial charge on any atom is 0.254 e. The van der Waals surface area contributed by atoms with Crippen molar-refractivity contribution in [2.75, 3.05) is 13.1 Å². The molecule has 0 spiro atoms. The van der Waals surface area contributed by atoms with Gasteiger partial charge in [0.05, 0.1) is 6.54 Å². The first kappa shape index (κ1) is 25.7. The lowest BCUT2D eigenvalue weighted by molar-refractivity contribution is -0.133. The molecule has 0 fully saturated rings. The highest BCUT2D eigenvalue weighted by Gasteiger charge is 2.23. The lowest BCUT2D eigenvalue weighted by Gasteiger charge is -2.27.